The van der Waals surface area contributed by atoms with Crippen molar-refractivity contribution in [3.8, 4) is 0 Å². The largest absolute Gasteiger partial charge is 0.384 e. The zero-order valence-corrected chi connectivity index (χ0v) is 19.5. The van der Waals surface area contributed by atoms with E-state index in [0.717, 1.165) is 15.4 Å². The Hall–Kier alpha value is -2.59. The molecule has 9 heteroatoms. The summed E-state index contributed by atoms with van der Waals surface area (Å²) >= 11 is 0. The Morgan fingerprint density at radius 2 is 1.91 bits per heavy atom. The van der Waals surface area contributed by atoms with Gasteiger partial charge in [0, 0.05) is 38.8 Å². The van der Waals surface area contributed by atoms with E-state index in [0.29, 0.717) is 23.1 Å². The summed E-state index contributed by atoms with van der Waals surface area (Å²) in [5.74, 6) is -0.399. The molecule has 2 aromatic heterocycles. The lowest BCUT2D eigenvalue weighted by Crippen LogP contribution is -2.23. The van der Waals surface area contributed by atoms with Crippen LogP contribution in [0.4, 0.5) is 4.39 Å². The molecule has 0 radical (unpaired) electrons. The Morgan fingerprint density at radius 3 is 2.47 bits per heavy atom. The first-order chi connectivity index (χ1) is 15.0. The third-order valence-electron chi connectivity index (χ3n) is 5.23. The number of allylic oxidation sites excluding steroid dienone is 1. The number of fused-ring (bicyclic) bond motifs is 1. The molecule has 3 aromatic rings. The van der Waals surface area contributed by atoms with Crippen molar-refractivity contribution < 1.29 is 17.9 Å². The Labute approximate surface area is 188 Å². The number of hydrogen-bond donors (Lipinski definition) is 2. The van der Waals surface area contributed by atoms with Gasteiger partial charge in [0.25, 0.3) is 0 Å². The molecule has 0 saturated carbocycles. The minimum atomic E-state index is -3.53. The molecule has 0 bridgehead atoms. The first kappa shape index (κ1) is 24.1. The van der Waals surface area contributed by atoms with Gasteiger partial charge in [-0.2, -0.15) is 0 Å². The molecule has 0 amide bonds. The highest BCUT2D eigenvalue weighted by Gasteiger charge is 2.29. The Balaban J connectivity index is 2.13. The van der Waals surface area contributed by atoms with E-state index < -0.39 is 21.5 Å². The summed E-state index contributed by atoms with van der Waals surface area (Å²) in [6, 6.07) is 10.2. The second-order valence-electron chi connectivity index (χ2n) is 8.34. The summed E-state index contributed by atoms with van der Waals surface area (Å²) in [4.78, 5) is 4.70. The number of nitrogens with zero attached hydrogens (tertiary/aromatic N) is 3. The topological polar surface area (TPSA) is 101 Å². The van der Waals surface area contributed by atoms with Crippen LogP contribution < -0.4 is 5.73 Å². The molecule has 0 unspecified atom stereocenters. The lowest BCUT2D eigenvalue weighted by atomic mass is 9.96. The number of aromatic nitrogens is 2. The summed E-state index contributed by atoms with van der Waals surface area (Å²) in [5.41, 5.74) is 7.70. The van der Waals surface area contributed by atoms with Crippen LogP contribution >= 0.6 is 0 Å². The second kappa shape index (κ2) is 9.11. The first-order valence-electron chi connectivity index (χ1n) is 10.2. The number of pyridine rings is 1. The Bertz CT molecular complexity index is 1240. The van der Waals surface area contributed by atoms with Gasteiger partial charge < -0.3 is 15.4 Å². The SMILES string of the molecule is CN(C)S(=O)(=O)c1ccc(Cc2c(C(C)(C)O)n(CC(F)=CCN)c3cccnc23)cc1. The first-order valence-corrected chi connectivity index (χ1v) is 11.7. The van der Waals surface area contributed by atoms with E-state index in [2.05, 4.69) is 4.98 Å². The number of halogens is 1. The maximum atomic E-state index is 14.4. The highest BCUT2D eigenvalue weighted by atomic mass is 32.2. The van der Waals surface area contributed by atoms with E-state index in [9.17, 15) is 17.9 Å². The van der Waals surface area contributed by atoms with E-state index in [-0.39, 0.29) is 18.0 Å². The molecule has 3 rings (SSSR count). The van der Waals surface area contributed by atoms with Crippen LogP contribution in [0.25, 0.3) is 11.0 Å². The molecule has 1 aromatic carbocycles. The van der Waals surface area contributed by atoms with Crippen LogP contribution in [0.5, 0.6) is 0 Å². The van der Waals surface area contributed by atoms with Gasteiger partial charge in [-0.05, 0) is 49.8 Å². The maximum absolute atomic E-state index is 14.4. The summed E-state index contributed by atoms with van der Waals surface area (Å²) in [5, 5.41) is 11.0. The molecule has 0 saturated heterocycles. The van der Waals surface area contributed by atoms with Crippen molar-refractivity contribution >= 4 is 21.1 Å². The zero-order chi connectivity index (χ0) is 23.7. The zero-order valence-electron chi connectivity index (χ0n) is 18.7. The van der Waals surface area contributed by atoms with Gasteiger partial charge in [-0.15, -0.1) is 0 Å². The quantitative estimate of drug-likeness (QED) is 0.538. The van der Waals surface area contributed by atoms with Crippen LogP contribution in [0.3, 0.4) is 0 Å². The molecular formula is C23H29FN4O3S. The van der Waals surface area contributed by atoms with Gasteiger partial charge in [0.2, 0.25) is 10.0 Å². The van der Waals surface area contributed by atoms with Gasteiger partial charge in [0.05, 0.1) is 33.8 Å². The van der Waals surface area contributed by atoms with Crippen LogP contribution in [0.2, 0.25) is 0 Å². The van der Waals surface area contributed by atoms with Gasteiger partial charge in [-0.3, -0.25) is 4.98 Å². The molecule has 172 valence electrons. The predicted octanol–water partition coefficient (Wildman–Crippen LogP) is 2.92. The van der Waals surface area contributed by atoms with Crippen LogP contribution in [0.15, 0.2) is 59.4 Å². The van der Waals surface area contributed by atoms with Gasteiger partial charge in [-0.1, -0.05) is 12.1 Å². The highest BCUT2D eigenvalue weighted by Crippen LogP contribution is 2.35. The lowest BCUT2D eigenvalue weighted by molar-refractivity contribution is 0.0694. The molecular weight excluding hydrogens is 431 g/mol. The molecule has 0 fully saturated rings. The fourth-order valence-corrected chi connectivity index (χ4v) is 4.71. The smallest absolute Gasteiger partial charge is 0.242 e. The molecule has 0 spiro atoms. The maximum Gasteiger partial charge on any atom is 0.242 e. The van der Waals surface area contributed by atoms with E-state index in [1.165, 1.54) is 20.2 Å². The number of benzene rings is 1. The third kappa shape index (κ3) is 4.75. The van der Waals surface area contributed by atoms with E-state index >= 15 is 0 Å². The second-order valence-corrected chi connectivity index (χ2v) is 10.5. The third-order valence-corrected chi connectivity index (χ3v) is 7.06. The summed E-state index contributed by atoms with van der Waals surface area (Å²) in [6.07, 6.45) is 3.35. The van der Waals surface area contributed by atoms with Crippen LogP contribution in [0, 0.1) is 0 Å². The van der Waals surface area contributed by atoms with Crippen LogP contribution in [-0.2, 0) is 28.6 Å². The van der Waals surface area contributed by atoms with Crippen molar-refractivity contribution in [2.45, 2.75) is 37.3 Å². The fraction of sp³-hybridized carbons (Fsp3) is 0.348. The Kier molecular flexibility index (Phi) is 6.85. The van der Waals surface area contributed by atoms with Crippen molar-refractivity contribution in [3.63, 3.8) is 0 Å². The van der Waals surface area contributed by atoms with Crippen LogP contribution in [-0.4, -0.2) is 48.0 Å². The predicted molar refractivity (Wildman–Crippen MR) is 123 cm³/mol. The minimum Gasteiger partial charge on any atom is -0.384 e. The number of rotatable bonds is 8. The Morgan fingerprint density at radius 1 is 1.25 bits per heavy atom. The monoisotopic (exact) mass is 460 g/mol. The number of nitrogens with two attached hydrogens (primary N) is 1. The van der Waals surface area contributed by atoms with E-state index in [1.54, 1.807) is 54.9 Å². The number of sulfonamides is 1. The summed E-state index contributed by atoms with van der Waals surface area (Å²) in [6.45, 7) is 3.31. The van der Waals surface area contributed by atoms with Crippen molar-refractivity contribution in [1.29, 1.82) is 0 Å². The van der Waals surface area contributed by atoms with Crippen LogP contribution in [0.1, 0.15) is 30.7 Å². The van der Waals surface area contributed by atoms with Gasteiger partial charge >= 0.3 is 0 Å². The minimum absolute atomic E-state index is 0.0707. The fourth-order valence-electron chi connectivity index (χ4n) is 3.81. The van der Waals surface area contributed by atoms with E-state index in [1.807, 2.05) is 6.07 Å². The van der Waals surface area contributed by atoms with Crippen molar-refractivity contribution in [2.75, 3.05) is 20.6 Å². The summed E-state index contributed by atoms with van der Waals surface area (Å²) in [7, 11) is -0.561. The average Bonchev–Trinajstić information content (AvgIpc) is 3.02. The lowest BCUT2D eigenvalue weighted by Gasteiger charge is -2.23. The number of aliphatic hydroxyl groups is 1. The summed E-state index contributed by atoms with van der Waals surface area (Å²) < 4.78 is 42.0. The van der Waals surface area contributed by atoms with Crippen molar-refractivity contribution in [2.24, 2.45) is 5.73 Å². The molecule has 32 heavy (non-hydrogen) atoms. The molecule has 7 nitrogen and oxygen atoms in total. The number of hydrogen-bond acceptors (Lipinski definition) is 5. The van der Waals surface area contributed by atoms with Crippen molar-refractivity contribution in [1.82, 2.24) is 13.9 Å². The van der Waals surface area contributed by atoms with Crippen molar-refractivity contribution in [3.05, 3.63) is 71.3 Å². The molecule has 0 aliphatic carbocycles. The van der Waals surface area contributed by atoms with Gasteiger partial charge in [0.15, 0.2) is 0 Å². The standard InChI is InChI=1S/C23H29FN4O3S/c1-23(2,29)22-19(14-16-7-9-18(10-8-16)32(30,31)27(3)4)21-20(6-5-13-26-21)28(22)15-17(24)11-12-25/h5-11,13,29H,12,14-15,25H2,1-4H3. The van der Waals surface area contributed by atoms with Gasteiger partial charge in [-0.25, -0.2) is 17.1 Å². The molecule has 2 heterocycles. The molecule has 0 atom stereocenters. The average molecular weight is 461 g/mol. The normalized spacial score (nSPS) is 13.3. The van der Waals surface area contributed by atoms with Gasteiger partial charge in [0.1, 0.15) is 5.83 Å². The van der Waals surface area contributed by atoms with E-state index in [4.69, 9.17) is 5.73 Å². The molecule has 3 N–H and O–H groups in total. The molecule has 0 aliphatic rings. The molecule has 0 aliphatic heterocycles. The highest BCUT2D eigenvalue weighted by molar-refractivity contribution is 7.89.